The Labute approximate surface area is 91.6 Å². The van der Waals surface area contributed by atoms with Gasteiger partial charge in [-0.3, -0.25) is 0 Å². The lowest BCUT2D eigenvalue weighted by Gasteiger charge is -2.05. The Kier molecular flexibility index (Phi) is 2.59. The standard InChI is InChI=1S/C15H16/c1-4-7-14-12(5-2)10-13-9-6-8-11(3)15(13)14/h4-9H,2,10H2,1,3H3/b7-4-. The van der Waals surface area contributed by atoms with Gasteiger partial charge in [0.2, 0.25) is 0 Å². The molecule has 0 radical (unpaired) electrons. The molecule has 76 valence electrons. The van der Waals surface area contributed by atoms with E-state index in [1.807, 2.05) is 6.08 Å². The van der Waals surface area contributed by atoms with E-state index in [4.69, 9.17) is 0 Å². The van der Waals surface area contributed by atoms with Gasteiger partial charge in [0.15, 0.2) is 0 Å². The molecule has 0 heteroatoms. The van der Waals surface area contributed by atoms with Crippen molar-refractivity contribution in [2.24, 2.45) is 0 Å². The normalized spacial score (nSPS) is 14.8. The summed E-state index contributed by atoms with van der Waals surface area (Å²) in [5, 5.41) is 0. The number of hydrogen-bond acceptors (Lipinski definition) is 0. The van der Waals surface area contributed by atoms with Crippen molar-refractivity contribution in [3.05, 3.63) is 65.3 Å². The summed E-state index contributed by atoms with van der Waals surface area (Å²) in [6.45, 7) is 8.13. The second-order valence-corrected chi connectivity index (χ2v) is 3.93. The summed E-state index contributed by atoms with van der Waals surface area (Å²) < 4.78 is 0. The van der Waals surface area contributed by atoms with E-state index in [-0.39, 0.29) is 0 Å². The van der Waals surface area contributed by atoms with E-state index in [0.29, 0.717) is 0 Å². The van der Waals surface area contributed by atoms with Crippen LogP contribution in [-0.2, 0) is 6.42 Å². The smallest absolute Gasteiger partial charge is 0.00136 e. The van der Waals surface area contributed by atoms with Gasteiger partial charge in [-0.1, -0.05) is 43.0 Å². The van der Waals surface area contributed by atoms with Gasteiger partial charge in [0, 0.05) is 0 Å². The van der Waals surface area contributed by atoms with Gasteiger partial charge in [-0.2, -0.15) is 0 Å². The van der Waals surface area contributed by atoms with Gasteiger partial charge >= 0.3 is 0 Å². The van der Waals surface area contributed by atoms with E-state index in [1.165, 1.54) is 27.8 Å². The van der Waals surface area contributed by atoms with Crippen molar-refractivity contribution in [2.75, 3.05) is 0 Å². The van der Waals surface area contributed by atoms with Crippen LogP contribution in [0.5, 0.6) is 0 Å². The zero-order valence-electron chi connectivity index (χ0n) is 9.38. The van der Waals surface area contributed by atoms with Crippen LogP contribution in [0.2, 0.25) is 0 Å². The zero-order valence-corrected chi connectivity index (χ0v) is 9.38. The van der Waals surface area contributed by atoms with E-state index in [2.05, 4.69) is 50.8 Å². The highest BCUT2D eigenvalue weighted by Gasteiger charge is 2.18. The number of fused-ring (bicyclic) bond motifs is 1. The first-order chi connectivity index (χ1) is 7.27. The molecule has 0 atom stereocenters. The van der Waals surface area contributed by atoms with Gasteiger partial charge in [0.1, 0.15) is 0 Å². The minimum absolute atomic E-state index is 1.03. The molecule has 0 spiro atoms. The van der Waals surface area contributed by atoms with Crippen LogP contribution < -0.4 is 0 Å². The molecule has 0 fully saturated rings. The Morgan fingerprint density at radius 2 is 2.13 bits per heavy atom. The molecule has 0 nitrogen and oxygen atoms in total. The monoisotopic (exact) mass is 196 g/mol. The quantitative estimate of drug-likeness (QED) is 0.669. The highest BCUT2D eigenvalue weighted by Crippen LogP contribution is 2.36. The molecule has 0 unspecified atom stereocenters. The molecule has 0 bridgehead atoms. The summed E-state index contributed by atoms with van der Waals surface area (Å²) in [6, 6.07) is 6.52. The third kappa shape index (κ3) is 1.56. The topological polar surface area (TPSA) is 0 Å². The van der Waals surface area contributed by atoms with E-state index >= 15 is 0 Å². The lowest BCUT2D eigenvalue weighted by atomic mass is 9.99. The van der Waals surface area contributed by atoms with Crippen LogP contribution in [0.4, 0.5) is 0 Å². The van der Waals surface area contributed by atoms with Crippen LogP contribution in [0.25, 0.3) is 5.57 Å². The summed E-state index contributed by atoms with van der Waals surface area (Å²) in [6.07, 6.45) is 7.30. The van der Waals surface area contributed by atoms with Crippen molar-refractivity contribution in [3.63, 3.8) is 0 Å². The number of hydrogen-bond donors (Lipinski definition) is 0. The van der Waals surface area contributed by atoms with Gasteiger partial charge < -0.3 is 0 Å². The summed E-state index contributed by atoms with van der Waals surface area (Å²) in [7, 11) is 0. The maximum absolute atomic E-state index is 3.90. The molecule has 0 heterocycles. The molecule has 0 amide bonds. The van der Waals surface area contributed by atoms with Crippen LogP contribution in [0.15, 0.2) is 48.6 Å². The fourth-order valence-electron chi connectivity index (χ4n) is 2.26. The summed E-state index contributed by atoms with van der Waals surface area (Å²) in [4.78, 5) is 0. The van der Waals surface area contributed by atoms with Crippen LogP contribution in [0, 0.1) is 6.92 Å². The highest BCUT2D eigenvalue weighted by molar-refractivity contribution is 5.86. The van der Waals surface area contributed by atoms with Crippen LogP contribution in [0.1, 0.15) is 23.6 Å². The maximum atomic E-state index is 3.90. The largest absolute Gasteiger partial charge is 0.0988 e. The van der Waals surface area contributed by atoms with E-state index in [9.17, 15) is 0 Å². The molecule has 0 N–H and O–H groups in total. The number of benzene rings is 1. The Morgan fingerprint density at radius 1 is 1.33 bits per heavy atom. The third-order valence-electron chi connectivity index (χ3n) is 2.94. The van der Waals surface area contributed by atoms with Crippen molar-refractivity contribution in [1.29, 1.82) is 0 Å². The number of aryl methyl sites for hydroxylation is 1. The predicted octanol–water partition coefficient (Wildman–Crippen LogP) is 4.07. The Bertz CT molecular complexity index is 459. The van der Waals surface area contributed by atoms with Crippen molar-refractivity contribution in [3.8, 4) is 0 Å². The van der Waals surface area contributed by atoms with Gasteiger partial charge in [-0.05, 0) is 48.1 Å². The second kappa shape index (κ2) is 3.90. The summed E-state index contributed by atoms with van der Waals surface area (Å²) in [5.74, 6) is 0. The first kappa shape index (κ1) is 9.97. The Hall–Kier alpha value is -1.56. The minimum Gasteiger partial charge on any atom is -0.0988 e. The van der Waals surface area contributed by atoms with Gasteiger partial charge in [0.05, 0.1) is 0 Å². The predicted molar refractivity (Wildman–Crippen MR) is 66.8 cm³/mol. The molecule has 1 aliphatic carbocycles. The van der Waals surface area contributed by atoms with E-state index in [0.717, 1.165) is 6.42 Å². The molecule has 0 saturated carbocycles. The first-order valence-electron chi connectivity index (χ1n) is 5.35. The minimum atomic E-state index is 1.03. The molecule has 0 aromatic heterocycles. The maximum Gasteiger partial charge on any atom is -0.00136 e. The van der Waals surface area contributed by atoms with Crippen molar-refractivity contribution >= 4 is 5.57 Å². The molecular weight excluding hydrogens is 180 g/mol. The van der Waals surface area contributed by atoms with Gasteiger partial charge in [-0.25, -0.2) is 0 Å². The molecule has 15 heavy (non-hydrogen) atoms. The number of allylic oxidation sites excluding steroid dienone is 5. The molecule has 0 saturated heterocycles. The Morgan fingerprint density at radius 3 is 2.80 bits per heavy atom. The molecule has 2 rings (SSSR count). The van der Waals surface area contributed by atoms with Gasteiger partial charge in [0.25, 0.3) is 0 Å². The average molecular weight is 196 g/mol. The molecule has 1 aliphatic rings. The number of rotatable bonds is 2. The molecule has 1 aromatic rings. The Balaban J connectivity index is 2.64. The fourth-order valence-corrected chi connectivity index (χ4v) is 2.26. The van der Waals surface area contributed by atoms with Gasteiger partial charge in [-0.15, -0.1) is 0 Å². The average Bonchev–Trinajstić information content (AvgIpc) is 2.58. The van der Waals surface area contributed by atoms with Crippen LogP contribution in [-0.4, -0.2) is 0 Å². The second-order valence-electron chi connectivity index (χ2n) is 3.93. The molecular formula is C15H16. The highest BCUT2D eigenvalue weighted by atomic mass is 14.2. The third-order valence-corrected chi connectivity index (χ3v) is 2.94. The van der Waals surface area contributed by atoms with E-state index in [1.54, 1.807) is 0 Å². The zero-order chi connectivity index (χ0) is 10.8. The summed E-state index contributed by atoms with van der Waals surface area (Å²) >= 11 is 0. The van der Waals surface area contributed by atoms with Crippen LogP contribution >= 0.6 is 0 Å². The van der Waals surface area contributed by atoms with Crippen molar-refractivity contribution in [2.45, 2.75) is 20.3 Å². The molecule has 1 aromatic carbocycles. The van der Waals surface area contributed by atoms with Crippen molar-refractivity contribution in [1.82, 2.24) is 0 Å². The fraction of sp³-hybridized carbons (Fsp3) is 0.200. The first-order valence-corrected chi connectivity index (χ1v) is 5.35. The summed E-state index contributed by atoms with van der Waals surface area (Å²) in [5.41, 5.74) is 6.89. The SMILES string of the molecule is C=CC1=C(/C=C\C)c2c(C)cccc2C1. The van der Waals surface area contributed by atoms with E-state index < -0.39 is 0 Å². The molecule has 0 aliphatic heterocycles. The lowest BCUT2D eigenvalue weighted by molar-refractivity contribution is 1.23. The lowest BCUT2D eigenvalue weighted by Crippen LogP contribution is -1.87. The van der Waals surface area contributed by atoms with Crippen molar-refractivity contribution < 1.29 is 0 Å². The van der Waals surface area contributed by atoms with Crippen LogP contribution in [0.3, 0.4) is 0 Å².